The van der Waals surface area contributed by atoms with E-state index in [1.165, 1.54) is 19.2 Å². The quantitative estimate of drug-likeness (QED) is 0.815. The highest BCUT2D eigenvalue weighted by atomic mass is 79.9. The van der Waals surface area contributed by atoms with Crippen molar-refractivity contribution in [2.24, 2.45) is 0 Å². The van der Waals surface area contributed by atoms with E-state index in [1.807, 2.05) is 6.07 Å². The number of ether oxygens (including phenoxy) is 1. The summed E-state index contributed by atoms with van der Waals surface area (Å²) in [5.41, 5.74) is 0.354. The zero-order valence-corrected chi connectivity index (χ0v) is 9.43. The Morgan fingerprint density at radius 2 is 2.21 bits per heavy atom. The van der Waals surface area contributed by atoms with Crippen molar-refractivity contribution >= 4 is 15.9 Å². The maximum atomic E-state index is 13.4. The van der Waals surface area contributed by atoms with E-state index < -0.39 is 11.7 Å². The summed E-state index contributed by atoms with van der Waals surface area (Å²) in [4.78, 5) is 0. The molecule has 14 heavy (non-hydrogen) atoms. The van der Waals surface area contributed by atoms with Crippen LogP contribution in [0.25, 0.3) is 0 Å². The molecular weight excluding hydrogens is 249 g/mol. The second kappa shape index (κ2) is 4.43. The lowest BCUT2D eigenvalue weighted by Gasteiger charge is -2.09. The van der Waals surface area contributed by atoms with Gasteiger partial charge in [0.25, 0.3) is 0 Å². The van der Waals surface area contributed by atoms with Gasteiger partial charge in [-0.3, -0.25) is 0 Å². The lowest BCUT2D eigenvalue weighted by Crippen LogP contribution is -1.96. The molecule has 0 aliphatic carbocycles. The number of halogens is 2. The van der Waals surface area contributed by atoms with Gasteiger partial charge in [-0.05, 0) is 35.0 Å². The van der Waals surface area contributed by atoms with E-state index in [2.05, 4.69) is 15.9 Å². The van der Waals surface area contributed by atoms with Crippen LogP contribution < -0.4 is 4.74 Å². The third-order valence-electron chi connectivity index (χ3n) is 1.93. The first kappa shape index (κ1) is 11.0. The fourth-order valence-corrected chi connectivity index (χ4v) is 1.58. The molecule has 0 saturated carbocycles. The lowest BCUT2D eigenvalue weighted by molar-refractivity contribution is 0.409. The molecule has 0 amide bonds. The lowest BCUT2D eigenvalue weighted by atomic mass is 10.0. The largest absolute Gasteiger partial charge is 0.496 e. The molecule has 0 spiro atoms. The molecule has 2 nitrogen and oxygen atoms in total. The number of nitrogens with zero attached hydrogens (tertiary/aromatic N) is 1. The summed E-state index contributed by atoms with van der Waals surface area (Å²) in [6.07, 6.45) is 0. The van der Waals surface area contributed by atoms with Gasteiger partial charge in [-0.15, -0.1) is 0 Å². The first-order valence-corrected chi connectivity index (χ1v) is 4.82. The molecule has 0 saturated heterocycles. The zero-order chi connectivity index (χ0) is 10.7. The first-order valence-electron chi connectivity index (χ1n) is 4.02. The molecule has 0 fully saturated rings. The standard InChI is InChI=1S/C10H9BrFNO/c1-6(5-13)7-3-10(14-2)8(11)4-9(7)12/h3-4,6H,1-2H3. The fraction of sp³-hybridized carbons (Fsp3) is 0.300. The average molecular weight is 258 g/mol. The summed E-state index contributed by atoms with van der Waals surface area (Å²) in [6.45, 7) is 1.64. The van der Waals surface area contributed by atoms with Crippen LogP contribution in [0.4, 0.5) is 4.39 Å². The summed E-state index contributed by atoms with van der Waals surface area (Å²) in [5, 5.41) is 8.68. The van der Waals surface area contributed by atoms with Gasteiger partial charge in [-0.1, -0.05) is 0 Å². The van der Waals surface area contributed by atoms with Crippen LogP contribution in [0.3, 0.4) is 0 Å². The summed E-state index contributed by atoms with van der Waals surface area (Å²) < 4.78 is 18.9. The Labute approximate surface area is 90.4 Å². The van der Waals surface area contributed by atoms with E-state index in [1.54, 1.807) is 6.92 Å². The van der Waals surface area contributed by atoms with Crippen molar-refractivity contribution in [3.05, 3.63) is 28.0 Å². The molecule has 1 rings (SSSR count). The average Bonchev–Trinajstić information content (AvgIpc) is 2.17. The van der Waals surface area contributed by atoms with Crippen molar-refractivity contribution in [2.45, 2.75) is 12.8 Å². The van der Waals surface area contributed by atoms with Crippen molar-refractivity contribution in [1.82, 2.24) is 0 Å². The zero-order valence-electron chi connectivity index (χ0n) is 7.84. The molecule has 0 aliphatic rings. The van der Waals surface area contributed by atoms with Crippen LogP contribution in [0.15, 0.2) is 16.6 Å². The summed E-state index contributed by atoms with van der Waals surface area (Å²) in [7, 11) is 1.50. The van der Waals surface area contributed by atoms with Gasteiger partial charge in [0.2, 0.25) is 0 Å². The second-order valence-electron chi connectivity index (χ2n) is 2.86. The van der Waals surface area contributed by atoms with Gasteiger partial charge in [-0.25, -0.2) is 4.39 Å². The van der Waals surface area contributed by atoms with Crippen LogP contribution in [-0.2, 0) is 0 Å². The maximum Gasteiger partial charge on any atom is 0.133 e. The number of hydrogen-bond acceptors (Lipinski definition) is 2. The molecule has 0 aromatic heterocycles. The van der Waals surface area contributed by atoms with Gasteiger partial charge < -0.3 is 4.74 Å². The molecule has 0 heterocycles. The van der Waals surface area contributed by atoms with Crippen LogP contribution in [-0.4, -0.2) is 7.11 Å². The third kappa shape index (κ3) is 2.05. The van der Waals surface area contributed by atoms with Crippen molar-refractivity contribution in [3.63, 3.8) is 0 Å². The summed E-state index contributed by atoms with van der Waals surface area (Å²) in [5.74, 6) is -0.341. The predicted octanol–water partition coefficient (Wildman–Crippen LogP) is 3.22. The van der Waals surface area contributed by atoms with Crippen molar-refractivity contribution in [3.8, 4) is 11.8 Å². The Hall–Kier alpha value is -1.08. The van der Waals surface area contributed by atoms with Gasteiger partial charge in [-0.2, -0.15) is 5.26 Å². The van der Waals surface area contributed by atoms with Crippen LogP contribution in [0, 0.1) is 17.1 Å². The molecule has 1 unspecified atom stereocenters. The Kier molecular flexibility index (Phi) is 3.48. The SMILES string of the molecule is COc1cc(C(C)C#N)c(F)cc1Br. The van der Waals surface area contributed by atoms with Crippen LogP contribution in [0.2, 0.25) is 0 Å². The molecule has 0 N–H and O–H groups in total. The molecular formula is C10H9BrFNO. The predicted molar refractivity (Wildman–Crippen MR) is 54.7 cm³/mol. The normalized spacial score (nSPS) is 11.9. The number of nitriles is 1. The molecule has 0 bridgehead atoms. The van der Waals surface area contributed by atoms with Gasteiger partial charge >= 0.3 is 0 Å². The van der Waals surface area contributed by atoms with Crippen LogP contribution in [0.5, 0.6) is 5.75 Å². The molecule has 74 valence electrons. The second-order valence-corrected chi connectivity index (χ2v) is 3.71. The molecule has 1 atom stereocenters. The van der Waals surface area contributed by atoms with E-state index >= 15 is 0 Å². The van der Waals surface area contributed by atoms with E-state index in [0.29, 0.717) is 15.8 Å². The van der Waals surface area contributed by atoms with Crippen LogP contribution >= 0.6 is 15.9 Å². The Bertz CT molecular complexity index is 386. The Morgan fingerprint density at radius 3 is 2.71 bits per heavy atom. The molecule has 1 aromatic carbocycles. The highest BCUT2D eigenvalue weighted by Crippen LogP contribution is 2.30. The smallest absolute Gasteiger partial charge is 0.133 e. The van der Waals surface area contributed by atoms with Gasteiger partial charge in [0.05, 0.1) is 23.6 Å². The van der Waals surface area contributed by atoms with Gasteiger partial charge in [0, 0.05) is 5.56 Å². The highest BCUT2D eigenvalue weighted by Gasteiger charge is 2.13. The number of methoxy groups -OCH3 is 1. The van der Waals surface area contributed by atoms with E-state index in [9.17, 15) is 4.39 Å². The monoisotopic (exact) mass is 257 g/mol. The van der Waals surface area contributed by atoms with Crippen molar-refractivity contribution in [1.29, 1.82) is 5.26 Å². The molecule has 0 radical (unpaired) electrons. The van der Waals surface area contributed by atoms with Gasteiger partial charge in [0.1, 0.15) is 11.6 Å². The fourth-order valence-electron chi connectivity index (χ4n) is 1.10. The molecule has 0 aliphatic heterocycles. The topological polar surface area (TPSA) is 33.0 Å². The Morgan fingerprint density at radius 1 is 1.57 bits per heavy atom. The van der Waals surface area contributed by atoms with Gasteiger partial charge in [0.15, 0.2) is 0 Å². The van der Waals surface area contributed by atoms with E-state index in [0.717, 1.165) is 0 Å². The third-order valence-corrected chi connectivity index (χ3v) is 2.55. The van der Waals surface area contributed by atoms with E-state index in [4.69, 9.17) is 10.00 Å². The Balaban J connectivity index is 3.25. The van der Waals surface area contributed by atoms with E-state index in [-0.39, 0.29) is 0 Å². The summed E-state index contributed by atoms with van der Waals surface area (Å²) in [6, 6.07) is 4.82. The first-order chi connectivity index (χ1) is 6.60. The molecule has 1 aromatic rings. The molecule has 4 heteroatoms. The minimum atomic E-state index is -0.475. The summed E-state index contributed by atoms with van der Waals surface area (Å²) >= 11 is 3.16. The van der Waals surface area contributed by atoms with Crippen molar-refractivity contribution in [2.75, 3.05) is 7.11 Å². The highest BCUT2D eigenvalue weighted by molar-refractivity contribution is 9.10. The van der Waals surface area contributed by atoms with Crippen LogP contribution in [0.1, 0.15) is 18.4 Å². The van der Waals surface area contributed by atoms with Crippen molar-refractivity contribution < 1.29 is 9.13 Å². The minimum absolute atomic E-state index is 0.354. The maximum absolute atomic E-state index is 13.4. The number of rotatable bonds is 2. The minimum Gasteiger partial charge on any atom is -0.496 e. The number of hydrogen-bond donors (Lipinski definition) is 0. The number of benzene rings is 1.